The molecule has 0 bridgehead atoms. The summed E-state index contributed by atoms with van der Waals surface area (Å²) in [6.45, 7) is 2.17. The Labute approximate surface area is 123 Å². The van der Waals surface area contributed by atoms with E-state index in [0.717, 1.165) is 35.4 Å². The zero-order valence-electron chi connectivity index (χ0n) is 11.4. The first-order chi connectivity index (χ1) is 9.17. The summed E-state index contributed by atoms with van der Waals surface area (Å²) in [4.78, 5) is 2.30. The number of methoxy groups -OCH3 is 1. The lowest BCUT2D eigenvalue weighted by atomic mass is 10.0. The Balaban J connectivity index is 2.27. The van der Waals surface area contributed by atoms with Gasteiger partial charge in [-0.25, -0.2) is 0 Å². The molecule has 0 amide bonds. The van der Waals surface area contributed by atoms with Crippen LogP contribution >= 0.6 is 15.9 Å². The van der Waals surface area contributed by atoms with Crippen LogP contribution in [0.25, 0.3) is 0 Å². The highest BCUT2D eigenvalue weighted by Gasteiger charge is 2.28. The van der Waals surface area contributed by atoms with Crippen LogP contribution in [0.5, 0.6) is 5.75 Å². The van der Waals surface area contributed by atoms with Crippen LogP contribution in [0.2, 0.25) is 0 Å². The van der Waals surface area contributed by atoms with Crippen LogP contribution in [-0.4, -0.2) is 44.9 Å². The van der Waals surface area contributed by atoms with Gasteiger partial charge in [0, 0.05) is 29.2 Å². The van der Waals surface area contributed by atoms with Gasteiger partial charge in [0.15, 0.2) is 0 Å². The lowest BCUT2D eigenvalue weighted by Gasteiger charge is -2.32. The predicted molar refractivity (Wildman–Crippen MR) is 79.5 cm³/mol. The average molecular weight is 329 g/mol. The molecule has 2 atom stereocenters. The van der Waals surface area contributed by atoms with Crippen molar-refractivity contribution >= 4 is 15.9 Å². The molecular weight excluding hydrogens is 308 g/mol. The molecule has 1 aliphatic rings. The second-order valence-corrected chi connectivity index (χ2v) is 5.74. The monoisotopic (exact) mass is 328 g/mol. The number of ether oxygens (including phenoxy) is 2. The summed E-state index contributed by atoms with van der Waals surface area (Å²) in [7, 11) is 3.80. The van der Waals surface area contributed by atoms with Crippen molar-refractivity contribution in [2.75, 3.05) is 33.9 Å². The summed E-state index contributed by atoms with van der Waals surface area (Å²) in [5, 5.41) is 0. The maximum Gasteiger partial charge on any atom is 0.123 e. The predicted octanol–water partition coefficient (Wildman–Crippen LogP) is 2.18. The standard InChI is InChI=1S/C14H21BrN2O2/c1-17(11-5-6-19-9-11)13(8-16)12-7-10(15)3-4-14(12)18-2/h3-4,7,11,13H,5-6,8-9,16H2,1-2H3. The lowest BCUT2D eigenvalue weighted by molar-refractivity contribution is 0.133. The molecule has 19 heavy (non-hydrogen) atoms. The summed E-state index contributed by atoms with van der Waals surface area (Å²) in [6, 6.07) is 6.61. The summed E-state index contributed by atoms with van der Waals surface area (Å²) >= 11 is 3.52. The number of nitrogens with zero attached hydrogens (tertiary/aromatic N) is 1. The van der Waals surface area contributed by atoms with Crippen molar-refractivity contribution in [1.82, 2.24) is 4.90 Å². The van der Waals surface area contributed by atoms with E-state index in [2.05, 4.69) is 33.9 Å². The van der Waals surface area contributed by atoms with Crippen LogP contribution in [0.3, 0.4) is 0 Å². The zero-order chi connectivity index (χ0) is 13.8. The van der Waals surface area contributed by atoms with Crippen molar-refractivity contribution in [3.05, 3.63) is 28.2 Å². The Morgan fingerprint density at radius 1 is 1.58 bits per heavy atom. The van der Waals surface area contributed by atoms with E-state index in [1.165, 1.54) is 0 Å². The van der Waals surface area contributed by atoms with E-state index < -0.39 is 0 Å². The highest BCUT2D eigenvalue weighted by atomic mass is 79.9. The molecule has 2 N–H and O–H groups in total. The van der Waals surface area contributed by atoms with Gasteiger partial charge >= 0.3 is 0 Å². The Morgan fingerprint density at radius 2 is 2.37 bits per heavy atom. The average Bonchev–Trinajstić information content (AvgIpc) is 2.93. The van der Waals surface area contributed by atoms with Crippen LogP contribution in [0.1, 0.15) is 18.0 Å². The molecule has 2 unspecified atom stereocenters. The van der Waals surface area contributed by atoms with E-state index in [0.29, 0.717) is 12.6 Å². The molecule has 0 spiro atoms. The molecule has 4 nitrogen and oxygen atoms in total. The number of halogens is 1. The van der Waals surface area contributed by atoms with Gasteiger partial charge in [0.25, 0.3) is 0 Å². The van der Waals surface area contributed by atoms with Crippen molar-refractivity contribution in [1.29, 1.82) is 0 Å². The van der Waals surface area contributed by atoms with E-state index in [1.807, 2.05) is 12.1 Å². The number of rotatable bonds is 5. The van der Waals surface area contributed by atoms with Crippen molar-refractivity contribution in [3.63, 3.8) is 0 Å². The molecule has 0 saturated carbocycles. The maximum absolute atomic E-state index is 5.99. The van der Waals surface area contributed by atoms with E-state index in [9.17, 15) is 0 Å². The first kappa shape index (κ1) is 14.8. The third-order valence-electron chi connectivity index (χ3n) is 3.75. The van der Waals surface area contributed by atoms with Gasteiger partial charge in [-0.3, -0.25) is 4.90 Å². The van der Waals surface area contributed by atoms with Gasteiger partial charge < -0.3 is 15.2 Å². The zero-order valence-corrected chi connectivity index (χ0v) is 13.0. The Bertz CT molecular complexity index is 422. The molecule has 106 valence electrons. The van der Waals surface area contributed by atoms with Crippen molar-refractivity contribution in [2.24, 2.45) is 5.73 Å². The molecule has 1 aliphatic heterocycles. The van der Waals surface area contributed by atoms with Crippen molar-refractivity contribution in [3.8, 4) is 5.75 Å². The van der Waals surface area contributed by atoms with Gasteiger partial charge in [-0.15, -0.1) is 0 Å². The highest BCUT2D eigenvalue weighted by molar-refractivity contribution is 9.10. The molecule has 5 heteroatoms. The van der Waals surface area contributed by atoms with E-state index in [-0.39, 0.29) is 6.04 Å². The third kappa shape index (κ3) is 3.28. The Hall–Kier alpha value is -0.620. The normalized spacial score (nSPS) is 20.8. The minimum atomic E-state index is 0.138. The summed E-state index contributed by atoms with van der Waals surface area (Å²) in [5.41, 5.74) is 7.11. The minimum absolute atomic E-state index is 0.138. The molecule has 0 radical (unpaired) electrons. The Kier molecular flexibility index (Phi) is 5.21. The molecule has 1 aromatic rings. The van der Waals surface area contributed by atoms with Crippen LogP contribution in [0.4, 0.5) is 0 Å². The molecular formula is C14H21BrN2O2. The number of benzene rings is 1. The fourth-order valence-electron chi connectivity index (χ4n) is 2.58. The van der Waals surface area contributed by atoms with Crippen LogP contribution in [0, 0.1) is 0 Å². The SMILES string of the molecule is COc1ccc(Br)cc1C(CN)N(C)C1CCOC1. The lowest BCUT2D eigenvalue weighted by Crippen LogP contribution is -2.39. The number of hydrogen-bond acceptors (Lipinski definition) is 4. The second kappa shape index (κ2) is 6.70. The van der Waals surface area contributed by atoms with E-state index in [1.54, 1.807) is 7.11 Å². The smallest absolute Gasteiger partial charge is 0.123 e. The molecule has 1 heterocycles. The first-order valence-corrected chi connectivity index (χ1v) is 7.30. The summed E-state index contributed by atoms with van der Waals surface area (Å²) in [6.07, 6.45) is 1.06. The molecule has 0 aromatic heterocycles. The molecule has 1 aromatic carbocycles. The van der Waals surface area contributed by atoms with Crippen LogP contribution in [-0.2, 0) is 4.74 Å². The van der Waals surface area contributed by atoms with Crippen molar-refractivity contribution in [2.45, 2.75) is 18.5 Å². The van der Waals surface area contributed by atoms with E-state index in [4.69, 9.17) is 15.2 Å². The van der Waals surface area contributed by atoms with Gasteiger partial charge in [0.1, 0.15) is 5.75 Å². The maximum atomic E-state index is 5.99. The minimum Gasteiger partial charge on any atom is -0.496 e. The van der Waals surface area contributed by atoms with Gasteiger partial charge in [-0.1, -0.05) is 15.9 Å². The fraction of sp³-hybridized carbons (Fsp3) is 0.571. The van der Waals surface area contributed by atoms with Crippen molar-refractivity contribution < 1.29 is 9.47 Å². The number of likely N-dealkylation sites (N-methyl/N-ethyl adjacent to an activating group) is 1. The second-order valence-electron chi connectivity index (χ2n) is 4.82. The largest absolute Gasteiger partial charge is 0.496 e. The molecule has 1 saturated heterocycles. The van der Waals surface area contributed by atoms with E-state index >= 15 is 0 Å². The van der Waals surface area contributed by atoms with Crippen LogP contribution < -0.4 is 10.5 Å². The molecule has 2 rings (SSSR count). The number of nitrogens with two attached hydrogens (primary N) is 1. The summed E-state index contributed by atoms with van der Waals surface area (Å²) < 4.78 is 12.0. The molecule has 0 aliphatic carbocycles. The van der Waals surface area contributed by atoms with Gasteiger partial charge in [0.05, 0.1) is 19.8 Å². The quantitative estimate of drug-likeness (QED) is 0.900. The number of hydrogen-bond donors (Lipinski definition) is 1. The third-order valence-corrected chi connectivity index (χ3v) is 4.24. The topological polar surface area (TPSA) is 47.7 Å². The first-order valence-electron chi connectivity index (χ1n) is 6.50. The van der Waals surface area contributed by atoms with Gasteiger partial charge in [-0.2, -0.15) is 0 Å². The fourth-order valence-corrected chi connectivity index (χ4v) is 2.95. The van der Waals surface area contributed by atoms with Gasteiger partial charge in [-0.05, 0) is 31.7 Å². The van der Waals surface area contributed by atoms with Crippen LogP contribution in [0.15, 0.2) is 22.7 Å². The summed E-state index contributed by atoms with van der Waals surface area (Å²) in [5.74, 6) is 0.879. The molecule has 1 fully saturated rings. The highest BCUT2D eigenvalue weighted by Crippen LogP contribution is 2.32. The van der Waals surface area contributed by atoms with Gasteiger partial charge in [0.2, 0.25) is 0 Å². The Morgan fingerprint density at radius 3 is 2.95 bits per heavy atom.